The largest absolute Gasteiger partial charge is 0.352 e. The lowest BCUT2D eigenvalue weighted by atomic mass is 10.2. The van der Waals surface area contributed by atoms with Gasteiger partial charge in [-0.2, -0.15) is 0 Å². The van der Waals surface area contributed by atoms with Crippen LogP contribution < -0.4 is 10.2 Å². The van der Waals surface area contributed by atoms with Gasteiger partial charge < -0.3 is 15.1 Å². The second-order valence-corrected chi connectivity index (χ2v) is 7.29. The van der Waals surface area contributed by atoms with Crippen LogP contribution in [0.4, 0.5) is 17.5 Å². The first-order valence-corrected chi connectivity index (χ1v) is 9.80. The van der Waals surface area contributed by atoms with Crippen molar-refractivity contribution >= 4 is 35.0 Å². The van der Waals surface area contributed by atoms with Crippen LogP contribution in [0.2, 0.25) is 5.02 Å². The van der Waals surface area contributed by atoms with Crippen LogP contribution >= 0.6 is 11.6 Å². The van der Waals surface area contributed by atoms with E-state index in [1.165, 1.54) is 0 Å². The van der Waals surface area contributed by atoms with Gasteiger partial charge in [-0.1, -0.05) is 23.7 Å². The minimum Gasteiger partial charge on any atom is -0.352 e. The number of aryl methyl sites for hydroxylation is 1. The first kappa shape index (κ1) is 19.1. The monoisotopic (exact) mass is 408 g/mol. The molecule has 148 valence electrons. The van der Waals surface area contributed by atoms with Crippen molar-refractivity contribution in [2.75, 3.05) is 36.4 Å². The number of carbonyl (C=O) groups is 1. The van der Waals surface area contributed by atoms with E-state index in [0.29, 0.717) is 42.6 Å². The van der Waals surface area contributed by atoms with Crippen LogP contribution in [0.1, 0.15) is 16.1 Å². The molecule has 1 fully saturated rings. The number of hydrogen-bond donors (Lipinski definition) is 1. The van der Waals surface area contributed by atoms with Crippen LogP contribution in [0.3, 0.4) is 0 Å². The number of rotatable bonds is 4. The summed E-state index contributed by atoms with van der Waals surface area (Å²) in [6.07, 6.45) is 0. The number of amides is 1. The normalized spacial score (nSPS) is 14.0. The standard InChI is InChI=1S/C21H21ClN6O/c1-15-4-2-7-18(23-15)24-19-8-9-20(26-25-19)27-10-12-28(13-11-27)21(29)16-5-3-6-17(22)14-16/h2-9,14H,10-13H2,1H3,(H,23,24,25). The summed E-state index contributed by atoms with van der Waals surface area (Å²) in [5.74, 6) is 2.17. The molecule has 1 aromatic carbocycles. The quantitative estimate of drug-likeness (QED) is 0.711. The fourth-order valence-electron chi connectivity index (χ4n) is 3.25. The van der Waals surface area contributed by atoms with Crippen molar-refractivity contribution in [1.29, 1.82) is 0 Å². The van der Waals surface area contributed by atoms with E-state index < -0.39 is 0 Å². The molecule has 0 unspecified atom stereocenters. The molecule has 1 aliphatic rings. The van der Waals surface area contributed by atoms with E-state index in [-0.39, 0.29) is 5.91 Å². The number of carbonyl (C=O) groups excluding carboxylic acids is 1. The number of pyridine rings is 1. The van der Waals surface area contributed by atoms with Crippen molar-refractivity contribution in [2.24, 2.45) is 0 Å². The molecule has 1 amide bonds. The third-order valence-electron chi connectivity index (χ3n) is 4.76. The number of nitrogens with zero attached hydrogens (tertiary/aromatic N) is 5. The molecule has 1 N–H and O–H groups in total. The van der Waals surface area contributed by atoms with Gasteiger partial charge in [0.25, 0.3) is 5.91 Å². The van der Waals surface area contributed by atoms with Gasteiger partial charge in [0.2, 0.25) is 0 Å². The van der Waals surface area contributed by atoms with Crippen molar-refractivity contribution < 1.29 is 4.79 Å². The van der Waals surface area contributed by atoms with Crippen molar-refractivity contribution in [3.63, 3.8) is 0 Å². The molecule has 7 nitrogen and oxygen atoms in total. The molecule has 3 aromatic rings. The zero-order valence-corrected chi connectivity index (χ0v) is 16.8. The predicted octanol–water partition coefficient (Wildman–Crippen LogP) is 3.54. The number of halogens is 1. The number of benzene rings is 1. The summed E-state index contributed by atoms with van der Waals surface area (Å²) in [6.45, 7) is 4.59. The zero-order valence-electron chi connectivity index (χ0n) is 16.0. The molecule has 29 heavy (non-hydrogen) atoms. The second kappa shape index (κ2) is 8.45. The lowest BCUT2D eigenvalue weighted by molar-refractivity contribution is 0.0746. The van der Waals surface area contributed by atoms with E-state index >= 15 is 0 Å². The topological polar surface area (TPSA) is 74.2 Å². The number of piperazine rings is 1. The van der Waals surface area contributed by atoms with Crippen molar-refractivity contribution in [1.82, 2.24) is 20.1 Å². The van der Waals surface area contributed by atoms with Gasteiger partial charge in [-0.25, -0.2) is 4.98 Å². The molecule has 4 rings (SSSR count). The molecular formula is C21H21ClN6O. The van der Waals surface area contributed by atoms with Crippen LogP contribution in [0, 0.1) is 6.92 Å². The molecule has 0 spiro atoms. The Balaban J connectivity index is 1.35. The van der Waals surface area contributed by atoms with Gasteiger partial charge in [-0.15, -0.1) is 10.2 Å². The Kier molecular flexibility index (Phi) is 5.57. The second-order valence-electron chi connectivity index (χ2n) is 6.86. The smallest absolute Gasteiger partial charge is 0.254 e. The maximum atomic E-state index is 12.6. The lowest BCUT2D eigenvalue weighted by Gasteiger charge is -2.35. The lowest BCUT2D eigenvalue weighted by Crippen LogP contribution is -2.49. The summed E-state index contributed by atoms with van der Waals surface area (Å²) in [5.41, 5.74) is 1.55. The minimum absolute atomic E-state index is 0.00318. The molecule has 0 radical (unpaired) electrons. The van der Waals surface area contributed by atoms with Crippen molar-refractivity contribution in [3.8, 4) is 0 Å². The fourth-order valence-corrected chi connectivity index (χ4v) is 3.44. The van der Waals surface area contributed by atoms with Crippen molar-refractivity contribution in [3.05, 3.63) is 70.9 Å². The van der Waals surface area contributed by atoms with Gasteiger partial charge in [0, 0.05) is 42.5 Å². The summed E-state index contributed by atoms with van der Waals surface area (Å²) in [6, 6.07) is 16.6. The molecular weight excluding hydrogens is 388 g/mol. The third-order valence-corrected chi connectivity index (χ3v) is 4.99. The average molecular weight is 409 g/mol. The van der Waals surface area contributed by atoms with Crippen LogP contribution in [-0.4, -0.2) is 52.2 Å². The highest BCUT2D eigenvalue weighted by atomic mass is 35.5. The number of nitrogens with one attached hydrogen (secondary N) is 1. The maximum absolute atomic E-state index is 12.6. The van der Waals surface area contributed by atoms with Gasteiger partial charge in [-0.3, -0.25) is 4.79 Å². The Morgan fingerprint density at radius 1 is 0.966 bits per heavy atom. The Morgan fingerprint density at radius 2 is 1.76 bits per heavy atom. The third kappa shape index (κ3) is 4.63. The highest BCUT2D eigenvalue weighted by Gasteiger charge is 2.23. The Labute approximate surface area is 174 Å². The maximum Gasteiger partial charge on any atom is 0.254 e. The van der Waals surface area contributed by atoms with Crippen LogP contribution in [0.5, 0.6) is 0 Å². The highest BCUT2D eigenvalue weighted by molar-refractivity contribution is 6.30. The number of hydrogen-bond acceptors (Lipinski definition) is 6. The average Bonchev–Trinajstić information content (AvgIpc) is 2.74. The summed E-state index contributed by atoms with van der Waals surface area (Å²) in [7, 11) is 0. The highest BCUT2D eigenvalue weighted by Crippen LogP contribution is 2.18. The van der Waals surface area contributed by atoms with Crippen LogP contribution in [-0.2, 0) is 0 Å². The van der Waals surface area contributed by atoms with Crippen LogP contribution in [0.25, 0.3) is 0 Å². The number of anilines is 3. The van der Waals surface area contributed by atoms with E-state index in [9.17, 15) is 4.79 Å². The van der Waals surface area contributed by atoms with E-state index in [2.05, 4.69) is 25.4 Å². The molecule has 0 bridgehead atoms. The first-order valence-electron chi connectivity index (χ1n) is 9.43. The van der Waals surface area contributed by atoms with Gasteiger partial charge in [0.15, 0.2) is 11.6 Å². The Hall–Kier alpha value is -3.19. The van der Waals surface area contributed by atoms with E-state index in [1.807, 2.05) is 42.2 Å². The molecule has 0 saturated carbocycles. The number of aromatic nitrogens is 3. The van der Waals surface area contributed by atoms with Gasteiger partial charge in [0.1, 0.15) is 5.82 Å². The molecule has 0 atom stereocenters. The van der Waals surface area contributed by atoms with Gasteiger partial charge in [0.05, 0.1) is 0 Å². The van der Waals surface area contributed by atoms with Crippen LogP contribution in [0.15, 0.2) is 54.6 Å². The Bertz CT molecular complexity index is 1000. The molecule has 3 heterocycles. The SMILES string of the molecule is Cc1cccc(Nc2ccc(N3CCN(C(=O)c4cccc(Cl)c4)CC3)nn2)n1. The zero-order chi connectivity index (χ0) is 20.2. The summed E-state index contributed by atoms with van der Waals surface area (Å²) >= 11 is 6.00. The molecule has 2 aromatic heterocycles. The Morgan fingerprint density at radius 3 is 2.45 bits per heavy atom. The predicted molar refractivity (Wildman–Crippen MR) is 114 cm³/mol. The minimum atomic E-state index is 0.00318. The van der Waals surface area contributed by atoms with E-state index in [1.54, 1.807) is 24.3 Å². The van der Waals surface area contributed by atoms with Crippen molar-refractivity contribution in [2.45, 2.75) is 6.92 Å². The van der Waals surface area contributed by atoms with Gasteiger partial charge in [-0.05, 0) is 49.4 Å². The fraction of sp³-hybridized carbons (Fsp3) is 0.238. The molecule has 0 aliphatic carbocycles. The molecule has 1 aliphatic heterocycles. The van der Waals surface area contributed by atoms with Gasteiger partial charge >= 0.3 is 0 Å². The summed E-state index contributed by atoms with van der Waals surface area (Å²) in [5, 5.41) is 12.3. The van der Waals surface area contributed by atoms with E-state index in [0.717, 1.165) is 17.3 Å². The molecule has 8 heteroatoms. The summed E-state index contributed by atoms with van der Waals surface area (Å²) in [4.78, 5) is 21.0. The molecule has 1 saturated heterocycles. The van der Waals surface area contributed by atoms with E-state index in [4.69, 9.17) is 11.6 Å². The first-order chi connectivity index (χ1) is 14.1. The summed E-state index contributed by atoms with van der Waals surface area (Å²) < 4.78 is 0.